The zero-order valence-corrected chi connectivity index (χ0v) is 11.8. The van der Waals surface area contributed by atoms with Crippen molar-refractivity contribution >= 4 is 10.8 Å². The van der Waals surface area contributed by atoms with Crippen molar-refractivity contribution in [3.05, 3.63) is 45.8 Å². The number of nitrogens with zero attached hydrogens (tertiary/aromatic N) is 1. The third kappa shape index (κ3) is 2.81. The van der Waals surface area contributed by atoms with E-state index >= 15 is 0 Å². The fourth-order valence-electron chi connectivity index (χ4n) is 2.38. The van der Waals surface area contributed by atoms with Crippen molar-refractivity contribution in [2.75, 3.05) is 0 Å². The highest BCUT2D eigenvalue weighted by Gasteiger charge is 2.45. The van der Waals surface area contributed by atoms with Crippen molar-refractivity contribution < 1.29 is 48.3 Å². The third-order valence-corrected chi connectivity index (χ3v) is 3.37. The van der Waals surface area contributed by atoms with Gasteiger partial charge in [-0.3, -0.25) is 0 Å². The summed E-state index contributed by atoms with van der Waals surface area (Å²) in [7, 11) is 0. The van der Waals surface area contributed by atoms with E-state index in [0.29, 0.717) is 0 Å². The van der Waals surface area contributed by atoms with E-state index in [1.165, 1.54) is 0 Å². The molecule has 140 valence electrons. The van der Waals surface area contributed by atoms with Gasteiger partial charge in [-0.05, 0) is 0 Å². The number of nitriles is 1. The van der Waals surface area contributed by atoms with Crippen molar-refractivity contribution in [1.82, 2.24) is 0 Å². The minimum atomic E-state index is -5.95. The van der Waals surface area contributed by atoms with Gasteiger partial charge in [0, 0.05) is 5.56 Å². The summed E-state index contributed by atoms with van der Waals surface area (Å²) in [6, 6.07) is 1.02. The van der Waals surface area contributed by atoms with Crippen LogP contribution in [0.2, 0.25) is 0 Å². The second-order valence-corrected chi connectivity index (χ2v) is 4.88. The summed E-state index contributed by atoms with van der Waals surface area (Å²) in [5.41, 5.74) is -7.38. The monoisotopic (exact) mass is 393 g/mol. The molecule has 0 spiro atoms. The molecule has 0 aliphatic heterocycles. The lowest BCUT2D eigenvalue weighted by atomic mass is 9.94. The van der Waals surface area contributed by atoms with Crippen LogP contribution in [0.5, 0.6) is 0 Å². The number of hydrogen-bond acceptors (Lipinski definition) is 1. The molecule has 0 unspecified atom stereocenters. The summed E-state index contributed by atoms with van der Waals surface area (Å²) in [6.07, 6.45) is -13.2. The highest BCUT2D eigenvalue weighted by atomic mass is 19.4. The van der Waals surface area contributed by atoms with Crippen LogP contribution in [-0.2, 0) is 18.8 Å². The van der Waals surface area contributed by atoms with Crippen LogP contribution < -0.4 is 0 Å². The quantitative estimate of drug-likeness (QED) is 0.455. The molecule has 0 N–H and O–H groups in total. The lowest BCUT2D eigenvalue weighted by Crippen LogP contribution is -2.19. The first-order chi connectivity index (χ1) is 11.7. The van der Waals surface area contributed by atoms with Gasteiger partial charge in [-0.1, -0.05) is 0 Å². The van der Waals surface area contributed by atoms with Crippen LogP contribution in [0.3, 0.4) is 0 Å². The maximum atomic E-state index is 14.2. The van der Waals surface area contributed by atoms with Gasteiger partial charge in [0.2, 0.25) is 0 Å². The van der Waals surface area contributed by atoms with Crippen LogP contribution in [-0.4, -0.2) is 0 Å². The van der Waals surface area contributed by atoms with Gasteiger partial charge in [0.1, 0.15) is 23.0 Å². The molecule has 0 radical (unpaired) electrons. The Labute approximate surface area is 136 Å². The van der Waals surface area contributed by atoms with Gasteiger partial charge in [-0.15, -0.1) is 0 Å². The van der Waals surface area contributed by atoms with Crippen LogP contribution in [0.4, 0.5) is 48.3 Å². The number of halogens is 11. The first-order valence-electron chi connectivity index (χ1n) is 6.26. The molecule has 0 saturated heterocycles. The fourth-order valence-corrected chi connectivity index (χ4v) is 2.38. The molecule has 0 amide bonds. The van der Waals surface area contributed by atoms with Crippen LogP contribution in [0.25, 0.3) is 10.8 Å². The lowest BCUT2D eigenvalue weighted by Gasteiger charge is -2.19. The van der Waals surface area contributed by atoms with Crippen molar-refractivity contribution in [2.24, 2.45) is 0 Å². The van der Waals surface area contributed by atoms with E-state index in [2.05, 4.69) is 0 Å². The summed E-state index contributed by atoms with van der Waals surface area (Å²) < 4.78 is 147. The van der Waals surface area contributed by atoms with E-state index in [4.69, 9.17) is 5.26 Å². The molecule has 0 aliphatic carbocycles. The Bertz CT molecular complexity index is 947. The maximum absolute atomic E-state index is 14.2. The normalized spacial score (nSPS) is 12.5. The molecule has 0 heterocycles. The van der Waals surface area contributed by atoms with Crippen molar-refractivity contribution in [2.45, 2.75) is 18.8 Å². The highest BCUT2D eigenvalue weighted by molar-refractivity contribution is 5.88. The molecule has 1 nitrogen and oxygen atoms in total. The van der Waals surface area contributed by atoms with Gasteiger partial charge in [0.15, 0.2) is 11.6 Å². The lowest BCUT2D eigenvalue weighted by molar-refractivity contribution is -0.142. The molecule has 0 aliphatic rings. The number of alkyl halides is 6. The summed E-state index contributed by atoms with van der Waals surface area (Å²) in [5.74, 6) is -13.8. The van der Waals surface area contributed by atoms with Crippen molar-refractivity contribution in [3.63, 3.8) is 0 Å². The topological polar surface area (TPSA) is 23.8 Å². The van der Waals surface area contributed by atoms with Crippen LogP contribution in [0.1, 0.15) is 16.7 Å². The second-order valence-electron chi connectivity index (χ2n) is 4.88. The van der Waals surface area contributed by atoms with Gasteiger partial charge in [0.25, 0.3) is 0 Å². The summed E-state index contributed by atoms with van der Waals surface area (Å²) >= 11 is 0. The van der Waals surface area contributed by atoms with Gasteiger partial charge < -0.3 is 0 Å². The Morgan fingerprint density at radius 3 is 1.46 bits per heavy atom. The van der Waals surface area contributed by atoms with Gasteiger partial charge in [0.05, 0.1) is 28.8 Å². The Hall–Kier alpha value is -2.58. The first-order valence-corrected chi connectivity index (χ1v) is 6.26. The van der Waals surface area contributed by atoms with Gasteiger partial charge in [-0.2, -0.15) is 31.6 Å². The van der Waals surface area contributed by atoms with Crippen LogP contribution >= 0.6 is 0 Å². The first kappa shape index (κ1) is 19.7. The minimum absolute atomic E-state index is 1.02. The Kier molecular flexibility index (Phi) is 4.55. The molecule has 0 fully saturated rings. The highest BCUT2D eigenvalue weighted by Crippen LogP contribution is 2.44. The molecule has 2 aromatic carbocycles. The summed E-state index contributed by atoms with van der Waals surface area (Å²) in [4.78, 5) is 0. The zero-order valence-electron chi connectivity index (χ0n) is 11.8. The molecular weight excluding hydrogens is 391 g/mol. The standard InChI is InChI=1S/C14H2F11N/c15-8-3(1-2-26)6(13(20,21)22)9(16)5-4(8)11(18)12(19)7(10(5)17)14(23,24)25/h1H2. The second kappa shape index (κ2) is 6.00. The number of rotatable bonds is 1. The molecule has 2 rings (SSSR count). The maximum Gasteiger partial charge on any atom is 0.422 e. The van der Waals surface area contributed by atoms with E-state index in [0.717, 1.165) is 6.07 Å². The number of fused-ring (bicyclic) bond motifs is 1. The molecule has 0 aromatic heterocycles. The van der Waals surface area contributed by atoms with E-state index in [9.17, 15) is 48.3 Å². The predicted octanol–water partition coefficient (Wildman–Crippen LogP) is 5.64. The fraction of sp³-hybridized carbons (Fsp3) is 0.214. The number of hydrogen-bond donors (Lipinski definition) is 0. The van der Waals surface area contributed by atoms with Crippen molar-refractivity contribution in [1.29, 1.82) is 5.26 Å². The largest absolute Gasteiger partial charge is 0.422 e. The van der Waals surface area contributed by atoms with E-state index in [1.54, 1.807) is 0 Å². The molecule has 26 heavy (non-hydrogen) atoms. The van der Waals surface area contributed by atoms with E-state index < -0.39 is 75.3 Å². The summed E-state index contributed by atoms with van der Waals surface area (Å²) in [6.45, 7) is 0. The Morgan fingerprint density at radius 2 is 1.04 bits per heavy atom. The Morgan fingerprint density at radius 1 is 0.615 bits per heavy atom. The predicted molar refractivity (Wildman–Crippen MR) is 63.1 cm³/mol. The molecule has 0 atom stereocenters. The van der Waals surface area contributed by atoms with Crippen molar-refractivity contribution in [3.8, 4) is 6.07 Å². The van der Waals surface area contributed by atoms with Crippen LogP contribution in [0, 0.1) is 40.4 Å². The smallest absolute Gasteiger partial charge is 0.206 e. The third-order valence-electron chi connectivity index (χ3n) is 3.37. The molecule has 0 saturated carbocycles. The minimum Gasteiger partial charge on any atom is -0.206 e. The average Bonchev–Trinajstić information content (AvgIpc) is 2.45. The molecule has 12 heteroatoms. The van der Waals surface area contributed by atoms with Crippen LogP contribution in [0.15, 0.2) is 0 Å². The summed E-state index contributed by atoms with van der Waals surface area (Å²) in [5, 5.41) is 3.98. The van der Waals surface area contributed by atoms with Gasteiger partial charge >= 0.3 is 12.4 Å². The average molecular weight is 393 g/mol. The zero-order chi connectivity index (χ0) is 20.2. The number of benzene rings is 2. The molecule has 0 bridgehead atoms. The molecule has 2 aromatic rings. The van der Waals surface area contributed by atoms with E-state index in [-0.39, 0.29) is 0 Å². The SMILES string of the molecule is N#CCc1c(C(F)(F)F)c(F)c2c(F)c(C(F)(F)F)c(F)c(F)c2c1F. The van der Waals surface area contributed by atoms with E-state index in [1.807, 2.05) is 0 Å². The molecular formula is C14H2F11N. The Balaban J connectivity index is 3.24. The van der Waals surface area contributed by atoms with Gasteiger partial charge in [-0.25, -0.2) is 22.0 Å².